The number of likely N-dealkylation sites (tertiary alicyclic amines) is 1. The third-order valence-electron chi connectivity index (χ3n) is 3.52. The molecule has 2 N–H and O–H groups in total. The lowest BCUT2D eigenvalue weighted by Gasteiger charge is -2.19. The Labute approximate surface area is 108 Å². The number of hydrogen-bond donors (Lipinski definition) is 2. The molecular formula is C13H21N3O2. The van der Waals surface area contributed by atoms with Crippen molar-refractivity contribution in [2.45, 2.75) is 25.4 Å². The lowest BCUT2D eigenvalue weighted by Crippen LogP contribution is -2.35. The number of aromatic nitrogens is 1. The zero-order chi connectivity index (χ0) is 13.0. The monoisotopic (exact) mass is 251 g/mol. The Bertz CT molecular complexity index is 403. The van der Waals surface area contributed by atoms with Gasteiger partial charge < -0.3 is 19.9 Å². The van der Waals surface area contributed by atoms with Crippen molar-refractivity contribution in [3.8, 4) is 0 Å². The van der Waals surface area contributed by atoms with E-state index in [-0.39, 0.29) is 5.97 Å². The Balaban J connectivity index is 1.76. The van der Waals surface area contributed by atoms with E-state index in [2.05, 4.69) is 27.0 Å². The number of nitrogens with one attached hydrogen (secondary N) is 2. The van der Waals surface area contributed by atoms with Crippen LogP contribution in [-0.2, 0) is 11.3 Å². The van der Waals surface area contributed by atoms with Gasteiger partial charge in [-0.05, 0) is 38.6 Å². The molecule has 0 spiro atoms. The van der Waals surface area contributed by atoms with Crippen LogP contribution in [0.3, 0.4) is 0 Å². The molecule has 0 saturated carbocycles. The van der Waals surface area contributed by atoms with Crippen LogP contribution in [0.4, 0.5) is 0 Å². The van der Waals surface area contributed by atoms with Gasteiger partial charge >= 0.3 is 5.97 Å². The average molecular weight is 251 g/mol. The molecule has 1 atom stereocenters. The van der Waals surface area contributed by atoms with Crippen LogP contribution in [0.1, 0.15) is 29.0 Å². The number of H-pyrrole nitrogens is 1. The third-order valence-corrected chi connectivity index (χ3v) is 3.52. The number of carbonyl (C=O) groups is 1. The summed E-state index contributed by atoms with van der Waals surface area (Å²) in [5.74, 6) is -0.322. The summed E-state index contributed by atoms with van der Waals surface area (Å²) >= 11 is 0. The maximum absolute atomic E-state index is 11.3. The highest BCUT2D eigenvalue weighted by Crippen LogP contribution is 2.13. The first kappa shape index (κ1) is 13.1. The number of methoxy groups -OCH3 is 1. The van der Waals surface area contributed by atoms with Crippen molar-refractivity contribution < 1.29 is 9.53 Å². The molecule has 0 aliphatic carbocycles. The molecule has 1 aromatic rings. The smallest absolute Gasteiger partial charge is 0.354 e. The zero-order valence-corrected chi connectivity index (χ0v) is 11.0. The van der Waals surface area contributed by atoms with Crippen LogP contribution in [0.25, 0.3) is 0 Å². The summed E-state index contributed by atoms with van der Waals surface area (Å²) in [6, 6.07) is 4.31. The van der Waals surface area contributed by atoms with Crippen molar-refractivity contribution >= 4 is 5.97 Å². The van der Waals surface area contributed by atoms with Crippen molar-refractivity contribution in [3.63, 3.8) is 0 Å². The van der Waals surface area contributed by atoms with Gasteiger partial charge in [0.1, 0.15) is 5.69 Å². The molecule has 0 aromatic carbocycles. The normalized spacial score (nSPS) is 20.2. The second-order valence-electron chi connectivity index (χ2n) is 4.80. The van der Waals surface area contributed by atoms with Crippen LogP contribution < -0.4 is 5.32 Å². The highest BCUT2D eigenvalue weighted by molar-refractivity contribution is 5.87. The SMILES string of the molecule is COC(=O)c1ccc(CNCC2CCCN2C)[nH]1. The maximum Gasteiger partial charge on any atom is 0.354 e. The van der Waals surface area contributed by atoms with E-state index >= 15 is 0 Å². The van der Waals surface area contributed by atoms with Crippen molar-refractivity contribution in [2.24, 2.45) is 0 Å². The molecule has 1 unspecified atom stereocenters. The van der Waals surface area contributed by atoms with Crippen molar-refractivity contribution in [1.29, 1.82) is 0 Å². The molecule has 5 nitrogen and oxygen atoms in total. The van der Waals surface area contributed by atoms with E-state index in [1.807, 2.05) is 6.07 Å². The number of ether oxygens (including phenoxy) is 1. The molecule has 2 heterocycles. The predicted octanol–water partition coefficient (Wildman–Crippen LogP) is 0.985. The van der Waals surface area contributed by atoms with E-state index in [0.717, 1.165) is 18.8 Å². The average Bonchev–Trinajstić information content (AvgIpc) is 2.99. The number of nitrogens with zero attached hydrogens (tertiary/aromatic N) is 1. The van der Waals surface area contributed by atoms with Crippen LogP contribution in [0.5, 0.6) is 0 Å². The number of hydrogen-bond acceptors (Lipinski definition) is 4. The number of rotatable bonds is 5. The Hall–Kier alpha value is -1.33. The lowest BCUT2D eigenvalue weighted by atomic mass is 10.2. The fraction of sp³-hybridized carbons (Fsp3) is 0.615. The summed E-state index contributed by atoms with van der Waals surface area (Å²) in [5, 5.41) is 3.42. The van der Waals surface area contributed by atoms with Gasteiger partial charge in [0, 0.05) is 24.8 Å². The molecule has 2 rings (SSSR count). The Morgan fingerprint density at radius 2 is 2.44 bits per heavy atom. The first-order chi connectivity index (χ1) is 8.70. The Morgan fingerprint density at radius 3 is 3.11 bits per heavy atom. The van der Waals surface area contributed by atoms with E-state index in [1.54, 1.807) is 6.07 Å². The number of esters is 1. The lowest BCUT2D eigenvalue weighted by molar-refractivity contribution is 0.0594. The molecule has 0 amide bonds. The standard InChI is InChI=1S/C13H21N3O2/c1-16-7-3-4-11(16)9-14-8-10-5-6-12(15-10)13(17)18-2/h5-6,11,14-15H,3-4,7-9H2,1-2H3. The topological polar surface area (TPSA) is 57.4 Å². The number of carbonyl (C=O) groups excluding carboxylic acids is 1. The largest absolute Gasteiger partial charge is 0.464 e. The van der Waals surface area contributed by atoms with Crippen LogP contribution >= 0.6 is 0 Å². The van der Waals surface area contributed by atoms with Gasteiger partial charge in [-0.3, -0.25) is 0 Å². The van der Waals surface area contributed by atoms with Gasteiger partial charge in [0.25, 0.3) is 0 Å². The van der Waals surface area contributed by atoms with Gasteiger partial charge in [-0.2, -0.15) is 0 Å². The molecule has 1 fully saturated rings. The van der Waals surface area contributed by atoms with Gasteiger partial charge in [-0.25, -0.2) is 4.79 Å². The van der Waals surface area contributed by atoms with Crippen molar-refractivity contribution in [3.05, 3.63) is 23.5 Å². The number of likely N-dealkylation sites (N-methyl/N-ethyl adjacent to an activating group) is 1. The summed E-state index contributed by atoms with van der Waals surface area (Å²) in [6.45, 7) is 2.94. The van der Waals surface area contributed by atoms with Gasteiger partial charge in [0.15, 0.2) is 0 Å². The summed E-state index contributed by atoms with van der Waals surface area (Å²) in [4.78, 5) is 16.7. The van der Waals surface area contributed by atoms with Crippen LogP contribution in [0.2, 0.25) is 0 Å². The summed E-state index contributed by atoms with van der Waals surface area (Å²) in [6.07, 6.45) is 2.56. The third kappa shape index (κ3) is 3.11. The second-order valence-corrected chi connectivity index (χ2v) is 4.80. The van der Waals surface area contributed by atoms with Gasteiger partial charge in [-0.1, -0.05) is 0 Å². The highest BCUT2D eigenvalue weighted by Gasteiger charge is 2.19. The van der Waals surface area contributed by atoms with Crippen LogP contribution in [-0.4, -0.2) is 49.1 Å². The van der Waals surface area contributed by atoms with E-state index in [0.29, 0.717) is 11.7 Å². The summed E-state index contributed by atoms with van der Waals surface area (Å²) in [7, 11) is 3.56. The second kappa shape index (κ2) is 6.02. The van der Waals surface area contributed by atoms with Gasteiger partial charge in [-0.15, -0.1) is 0 Å². The first-order valence-corrected chi connectivity index (χ1v) is 6.38. The fourth-order valence-electron chi connectivity index (χ4n) is 2.38. The maximum atomic E-state index is 11.3. The molecule has 5 heteroatoms. The van der Waals surface area contributed by atoms with Gasteiger partial charge in [0.2, 0.25) is 0 Å². The quantitative estimate of drug-likeness (QED) is 0.766. The van der Waals surface area contributed by atoms with Crippen molar-refractivity contribution in [2.75, 3.05) is 27.2 Å². The minimum absolute atomic E-state index is 0.322. The first-order valence-electron chi connectivity index (χ1n) is 6.38. The fourth-order valence-corrected chi connectivity index (χ4v) is 2.38. The summed E-state index contributed by atoms with van der Waals surface area (Å²) in [5.41, 5.74) is 1.52. The molecule has 18 heavy (non-hydrogen) atoms. The molecule has 100 valence electrons. The minimum atomic E-state index is -0.322. The van der Waals surface area contributed by atoms with Crippen LogP contribution in [0.15, 0.2) is 12.1 Å². The molecule has 1 aliphatic rings. The predicted molar refractivity (Wildman–Crippen MR) is 69.5 cm³/mol. The Morgan fingerprint density at radius 1 is 1.61 bits per heavy atom. The molecule has 1 aromatic heterocycles. The Kier molecular flexibility index (Phi) is 4.38. The van der Waals surface area contributed by atoms with E-state index < -0.39 is 0 Å². The number of aromatic amines is 1. The molecule has 1 saturated heterocycles. The van der Waals surface area contributed by atoms with Crippen LogP contribution in [0, 0.1) is 0 Å². The molecular weight excluding hydrogens is 230 g/mol. The van der Waals surface area contributed by atoms with E-state index in [9.17, 15) is 4.79 Å². The van der Waals surface area contributed by atoms with Crippen molar-refractivity contribution in [1.82, 2.24) is 15.2 Å². The van der Waals surface area contributed by atoms with Gasteiger partial charge in [0.05, 0.1) is 7.11 Å². The molecule has 0 radical (unpaired) electrons. The zero-order valence-electron chi connectivity index (χ0n) is 11.0. The summed E-state index contributed by atoms with van der Waals surface area (Å²) < 4.78 is 4.65. The molecule has 0 bridgehead atoms. The van der Waals surface area contributed by atoms with E-state index in [1.165, 1.54) is 26.5 Å². The van der Waals surface area contributed by atoms with E-state index in [4.69, 9.17) is 0 Å². The minimum Gasteiger partial charge on any atom is -0.464 e. The molecule has 1 aliphatic heterocycles. The highest BCUT2D eigenvalue weighted by atomic mass is 16.5.